The number of hydrogen-bond acceptors (Lipinski definition) is 1. The van der Waals surface area contributed by atoms with Gasteiger partial charge >= 0.3 is 0 Å². The molecule has 1 nitrogen and oxygen atoms in total. The van der Waals surface area contributed by atoms with Crippen LogP contribution in [0.25, 0.3) is 0 Å². The lowest BCUT2D eigenvalue weighted by atomic mass is 10.1. The van der Waals surface area contributed by atoms with Crippen LogP contribution in [0.3, 0.4) is 0 Å². The molecule has 1 atom stereocenters. The Balaban J connectivity index is 2.55. The number of alkyl halides is 2. The maximum absolute atomic E-state index is 8.31. The monoisotopic (exact) mass is 163 g/mol. The first-order chi connectivity index (χ1) is 4.02. The minimum absolute atomic E-state index is 0.134. The zero-order valence-corrected chi connectivity index (χ0v) is 6.63. The summed E-state index contributed by atoms with van der Waals surface area (Å²) in [5.41, 5.74) is -0.134. The highest BCUT2D eigenvalue weighted by Gasteiger charge is 2.62. The summed E-state index contributed by atoms with van der Waals surface area (Å²) in [5.74, 6) is 0. The molecule has 0 saturated heterocycles. The first-order valence-corrected chi connectivity index (χ1v) is 3.52. The first-order valence-electron chi connectivity index (χ1n) is 2.77. The predicted octanol–water partition coefficient (Wildman–Crippen LogP) is 2.48. The molecular formula is C6H7Cl2N. The Labute approximate surface area is 64.6 Å². The lowest BCUT2D eigenvalue weighted by Gasteiger charge is -2.03. The van der Waals surface area contributed by atoms with Gasteiger partial charge in [0.2, 0.25) is 0 Å². The van der Waals surface area contributed by atoms with E-state index < -0.39 is 4.33 Å². The molecule has 0 aliphatic heterocycles. The lowest BCUT2D eigenvalue weighted by Crippen LogP contribution is -2.02. The molecule has 0 aromatic rings. The van der Waals surface area contributed by atoms with Crippen LogP contribution in [0.4, 0.5) is 0 Å². The van der Waals surface area contributed by atoms with Crippen LogP contribution in [-0.2, 0) is 0 Å². The molecule has 0 aromatic heterocycles. The van der Waals surface area contributed by atoms with Crippen molar-refractivity contribution in [2.24, 2.45) is 5.41 Å². The molecule has 3 heteroatoms. The fraction of sp³-hybridized carbons (Fsp3) is 0.833. The molecule has 0 heterocycles. The quantitative estimate of drug-likeness (QED) is 0.546. The number of halogens is 2. The third kappa shape index (κ3) is 1.02. The fourth-order valence-electron chi connectivity index (χ4n) is 0.812. The van der Waals surface area contributed by atoms with E-state index in [1.165, 1.54) is 0 Å². The van der Waals surface area contributed by atoms with Gasteiger partial charge in [-0.05, 0) is 6.42 Å². The van der Waals surface area contributed by atoms with Gasteiger partial charge in [-0.25, -0.2) is 0 Å². The molecule has 0 aromatic carbocycles. The lowest BCUT2D eigenvalue weighted by molar-refractivity contribution is 0.581. The summed E-state index contributed by atoms with van der Waals surface area (Å²) in [6.45, 7) is 1.93. The Bertz CT molecular complexity index is 170. The van der Waals surface area contributed by atoms with Gasteiger partial charge in [0, 0.05) is 11.8 Å². The molecule has 1 rings (SSSR count). The van der Waals surface area contributed by atoms with Crippen LogP contribution in [0, 0.1) is 16.7 Å². The average Bonchev–Trinajstić information content (AvgIpc) is 2.07. The van der Waals surface area contributed by atoms with Crippen molar-refractivity contribution in [1.82, 2.24) is 0 Å². The van der Waals surface area contributed by atoms with Gasteiger partial charge in [-0.3, -0.25) is 0 Å². The van der Waals surface area contributed by atoms with Gasteiger partial charge < -0.3 is 0 Å². The number of nitriles is 1. The minimum Gasteiger partial charge on any atom is -0.198 e. The van der Waals surface area contributed by atoms with E-state index in [0.29, 0.717) is 6.42 Å². The van der Waals surface area contributed by atoms with Gasteiger partial charge in [0.1, 0.15) is 4.33 Å². The van der Waals surface area contributed by atoms with E-state index in [1.807, 2.05) is 6.92 Å². The summed E-state index contributed by atoms with van der Waals surface area (Å²) in [4.78, 5) is 0. The van der Waals surface area contributed by atoms with Crippen molar-refractivity contribution in [3.05, 3.63) is 0 Å². The second-order valence-corrected chi connectivity index (χ2v) is 4.26. The summed E-state index contributed by atoms with van der Waals surface area (Å²) in [5, 5.41) is 8.31. The zero-order valence-electron chi connectivity index (χ0n) is 5.12. The third-order valence-electron chi connectivity index (χ3n) is 1.84. The van der Waals surface area contributed by atoms with Crippen molar-refractivity contribution in [2.75, 3.05) is 0 Å². The topological polar surface area (TPSA) is 23.8 Å². The Morgan fingerprint density at radius 1 is 1.67 bits per heavy atom. The van der Waals surface area contributed by atoms with E-state index in [1.54, 1.807) is 0 Å². The van der Waals surface area contributed by atoms with E-state index >= 15 is 0 Å². The fourth-order valence-corrected chi connectivity index (χ4v) is 1.54. The summed E-state index contributed by atoms with van der Waals surface area (Å²) in [7, 11) is 0. The number of nitrogens with zero attached hydrogens (tertiary/aromatic N) is 1. The van der Waals surface area contributed by atoms with E-state index in [9.17, 15) is 0 Å². The number of hydrogen-bond donors (Lipinski definition) is 0. The van der Waals surface area contributed by atoms with E-state index in [-0.39, 0.29) is 5.41 Å². The van der Waals surface area contributed by atoms with Gasteiger partial charge in [-0.15, -0.1) is 23.2 Å². The first kappa shape index (κ1) is 7.18. The largest absolute Gasteiger partial charge is 0.198 e. The van der Waals surface area contributed by atoms with Gasteiger partial charge in [-0.1, -0.05) is 6.92 Å². The van der Waals surface area contributed by atoms with Crippen molar-refractivity contribution in [1.29, 1.82) is 5.26 Å². The molecule has 0 radical (unpaired) electrons. The smallest absolute Gasteiger partial charge is 0.125 e. The summed E-state index contributed by atoms with van der Waals surface area (Å²) in [6.07, 6.45) is 1.21. The van der Waals surface area contributed by atoms with Crippen molar-refractivity contribution in [3.63, 3.8) is 0 Å². The molecule has 0 bridgehead atoms. The Morgan fingerprint density at radius 3 is 2.22 bits per heavy atom. The van der Waals surface area contributed by atoms with Gasteiger partial charge in [0.05, 0.1) is 6.07 Å². The van der Waals surface area contributed by atoms with Crippen molar-refractivity contribution in [3.8, 4) is 6.07 Å². The molecular weight excluding hydrogens is 157 g/mol. The minimum atomic E-state index is -0.622. The maximum Gasteiger partial charge on any atom is 0.125 e. The molecule has 50 valence electrons. The SMILES string of the molecule is C[C@]1(CC#N)CC1(Cl)Cl. The maximum atomic E-state index is 8.31. The van der Waals surface area contributed by atoms with Gasteiger partial charge in [0.15, 0.2) is 0 Å². The third-order valence-corrected chi connectivity index (χ3v) is 3.02. The molecule has 0 N–H and O–H groups in total. The highest BCUT2D eigenvalue weighted by atomic mass is 35.5. The van der Waals surface area contributed by atoms with Crippen LogP contribution >= 0.6 is 23.2 Å². The molecule has 0 spiro atoms. The molecule has 0 amide bonds. The molecule has 1 aliphatic rings. The van der Waals surface area contributed by atoms with Crippen LogP contribution in [0.1, 0.15) is 19.8 Å². The Hall–Kier alpha value is 0.0700. The molecule has 9 heavy (non-hydrogen) atoms. The Kier molecular flexibility index (Phi) is 1.42. The highest BCUT2D eigenvalue weighted by molar-refractivity contribution is 6.51. The van der Waals surface area contributed by atoms with Crippen LogP contribution in [0.5, 0.6) is 0 Å². The van der Waals surface area contributed by atoms with Crippen LogP contribution < -0.4 is 0 Å². The van der Waals surface area contributed by atoms with Crippen molar-refractivity contribution in [2.45, 2.75) is 24.1 Å². The molecule has 1 fully saturated rings. The Morgan fingerprint density at radius 2 is 2.11 bits per heavy atom. The summed E-state index contributed by atoms with van der Waals surface area (Å²) >= 11 is 11.5. The second-order valence-electron chi connectivity index (χ2n) is 2.78. The normalized spacial score (nSPS) is 37.6. The molecule has 1 aliphatic carbocycles. The zero-order chi connectivity index (χ0) is 7.12. The molecule has 1 saturated carbocycles. The second kappa shape index (κ2) is 1.78. The van der Waals surface area contributed by atoms with Crippen molar-refractivity contribution < 1.29 is 0 Å². The standard InChI is InChI=1S/C6H7Cl2N/c1-5(2-3-9)4-6(5,7)8/h2,4H2,1H3/t5-/m0/s1. The average molecular weight is 164 g/mol. The van der Waals surface area contributed by atoms with Crippen LogP contribution in [-0.4, -0.2) is 4.33 Å². The highest BCUT2D eigenvalue weighted by Crippen LogP contribution is 2.65. The van der Waals surface area contributed by atoms with E-state index in [4.69, 9.17) is 28.5 Å². The van der Waals surface area contributed by atoms with Crippen LogP contribution in [0.2, 0.25) is 0 Å². The van der Waals surface area contributed by atoms with Gasteiger partial charge in [-0.2, -0.15) is 5.26 Å². The number of rotatable bonds is 1. The van der Waals surface area contributed by atoms with Crippen LogP contribution in [0.15, 0.2) is 0 Å². The molecule has 0 unspecified atom stereocenters. The summed E-state index contributed by atoms with van der Waals surface area (Å²) < 4.78 is -0.622. The van der Waals surface area contributed by atoms with Gasteiger partial charge in [0.25, 0.3) is 0 Å². The van der Waals surface area contributed by atoms with Crippen molar-refractivity contribution >= 4 is 23.2 Å². The van der Waals surface area contributed by atoms with E-state index in [0.717, 1.165) is 6.42 Å². The van der Waals surface area contributed by atoms with E-state index in [2.05, 4.69) is 6.07 Å². The predicted molar refractivity (Wildman–Crippen MR) is 37.4 cm³/mol. The summed E-state index contributed by atoms with van der Waals surface area (Å²) in [6, 6.07) is 2.06.